The van der Waals surface area contributed by atoms with Crippen molar-refractivity contribution in [1.29, 1.82) is 0 Å². The normalized spacial score (nSPS) is 19.4. The second-order valence-electron chi connectivity index (χ2n) is 3.81. The summed E-state index contributed by atoms with van der Waals surface area (Å²) in [5, 5.41) is 8.93. The summed E-state index contributed by atoms with van der Waals surface area (Å²) in [7, 11) is 1.70. The SMILES string of the molecule is COc1ccc2c(c1)CCC2CCO. The molecule has 1 aliphatic carbocycles. The Bertz CT molecular complexity index is 320. The summed E-state index contributed by atoms with van der Waals surface area (Å²) in [6.45, 7) is 0.288. The molecule has 76 valence electrons. The van der Waals surface area contributed by atoms with E-state index < -0.39 is 0 Å². The van der Waals surface area contributed by atoms with E-state index in [0.29, 0.717) is 5.92 Å². The van der Waals surface area contributed by atoms with Gasteiger partial charge >= 0.3 is 0 Å². The van der Waals surface area contributed by atoms with Crippen LogP contribution >= 0.6 is 0 Å². The lowest BCUT2D eigenvalue weighted by atomic mass is 9.98. The van der Waals surface area contributed by atoms with E-state index in [1.807, 2.05) is 6.07 Å². The topological polar surface area (TPSA) is 29.5 Å². The third-order valence-corrected chi connectivity index (χ3v) is 3.03. The van der Waals surface area contributed by atoms with Gasteiger partial charge in [-0.25, -0.2) is 0 Å². The lowest BCUT2D eigenvalue weighted by Gasteiger charge is -2.09. The first kappa shape index (κ1) is 9.53. The van der Waals surface area contributed by atoms with Gasteiger partial charge in [0.1, 0.15) is 5.75 Å². The van der Waals surface area contributed by atoms with Gasteiger partial charge in [-0.05, 0) is 48.4 Å². The Balaban J connectivity index is 2.24. The molecule has 1 aliphatic rings. The molecule has 0 heterocycles. The van der Waals surface area contributed by atoms with E-state index in [9.17, 15) is 0 Å². The second kappa shape index (κ2) is 4.01. The van der Waals surface area contributed by atoms with E-state index in [4.69, 9.17) is 9.84 Å². The first-order chi connectivity index (χ1) is 6.85. The molecule has 0 radical (unpaired) electrons. The van der Waals surface area contributed by atoms with Gasteiger partial charge in [0.2, 0.25) is 0 Å². The second-order valence-corrected chi connectivity index (χ2v) is 3.81. The maximum Gasteiger partial charge on any atom is 0.119 e. The number of aliphatic hydroxyl groups excluding tert-OH is 1. The van der Waals surface area contributed by atoms with Crippen molar-refractivity contribution >= 4 is 0 Å². The molecule has 14 heavy (non-hydrogen) atoms. The molecule has 0 bridgehead atoms. The maximum atomic E-state index is 8.93. The molecule has 0 aliphatic heterocycles. The molecule has 0 saturated heterocycles. The zero-order valence-electron chi connectivity index (χ0n) is 8.49. The van der Waals surface area contributed by atoms with Crippen LogP contribution in [0.1, 0.15) is 29.9 Å². The quantitative estimate of drug-likeness (QED) is 0.794. The standard InChI is InChI=1S/C12H16O2/c1-14-11-4-5-12-9(6-7-13)2-3-10(12)8-11/h4-5,8-9,13H,2-3,6-7H2,1H3. The summed E-state index contributed by atoms with van der Waals surface area (Å²) in [5.74, 6) is 1.49. The molecule has 0 aromatic heterocycles. The summed E-state index contributed by atoms with van der Waals surface area (Å²) >= 11 is 0. The number of fused-ring (bicyclic) bond motifs is 1. The van der Waals surface area contributed by atoms with Gasteiger partial charge in [-0.1, -0.05) is 6.07 Å². The number of hydrogen-bond donors (Lipinski definition) is 1. The van der Waals surface area contributed by atoms with Crippen LogP contribution in [0, 0.1) is 0 Å². The molecular formula is C12H16O2. The van der Waals surface area contributed by atoms with Gasteiger partial charge in [0.15, 0.2) is 0 Å². The Hall–Kier alpha value is -1.02. The Kier molecular flexibility index (Phi) is 2.73. The van der Waals surface area contributed by atoms with E-state index in [-0.39, 0.29) is 6.61 Å². The predicted molar refractivity (Wildman–Crippen MR) is 55.8 cm³/mol. The number of aryl methyl sites for hydroxylation is 1. The number of methoxy groups -OCH3 is 1. The fourth-order valence-corrected chi connectivity index (χ4v) is 2.26. The summed E-state index contributed by atoms with van der Waals surface area (Å²) in [6, 6.07) is 6.27. The van der Waals surface area contributed by atoms with Crippen LogP contribution < -0.4 is 4.74 Å². The first-order valence-corrected chi connectivity index (χ1v) is 5.13. The number of benzene rings is 1. The number of rotatable bonds is 3. The fourth-order valence-electron chi connectivity index (χ4n) is 2.26. The highest BCUT2D eigenvalue weighted by atomic mass is 16.5. The van der Waals surface area contributed by atoms with Crippen LogP contribution in [-0.4, -0.2) is 18.8 Å². The highest BCUT2D eigenvalue weighted by Gasteiger charge is 2.21. The minimum atomic E-state index is 0.288. The third-order valence-electron chi connectivity index (χ3n) is 3.03. The summed E-state index contributed by atoms with van der Waals surface area (Å²) < 4.78 is 5.19. The molecule has 0 saturated carbocycles. The van der Waals surface area contributed by atoms with Crippen LogP contribution in [0.4, 0.5) is 0 Å². The molecule has 0 spiro atoms. The van der Waals surface area contributed by atoms with Crippen molar-refractivity contribution in [2.24, 2.45) is 0 Å². The molecule has 0 amide bonds. The third kappa shape index (κ3) is 1.62. The van der Waals surface area contributed by atoms with Crippen molar-refractivity contribution in [2.45, 2.75) is 25.2 Å². The van der Waals surface area contributed by atoms with Gasteiger partial charge in [0.05, 0.1) is 7.11 Å². The predicted octanol–water partition coefficient (Wildman–Crippen LogP) is 2.11. The average molecular weight is 192 g/mol. The molecule has 2 heteroatoms. The fraction of sp³-hybridized carbons (Fsp3) is 0.500. The van der Waals surface area contributed by atoms with E-state index in [1.54, 1.807) is 7.11 Å². The highest BCUT2D eigenvalue weighted by molar-refractivity contribution is 5.40. The molecule has 2 nitrogen and oxygen atoms in total. The average Bonchev–Trinajstić information content (AvgIpc) is 2.61. The molecule has 1 unspecified atom stereocenters. The van der Waals surface area contributed by atoms with Gasteiger partial charge in [0, 0.05) is 6.61 Å². The largest absolute Gasteiger partial charge is 0.497 e. The molecule has 2 rings (SSSR count). The number of hydrogen-bond acceptors (Lipinski definition) is 2. The number of aliphatic hydroxyl groups is 1. The van der Waals surface area contributed by atoms with Gasteiger partial charge < -0.3 is 9.84 Å². The number of ether oxygens (including phenoxy) is 1. The minimum absolute atomic E-state index is 0.288. The van der Waals surface area contributed by atoms with Crippen LogP contribution in [0.25, 0.3) is 0 Å². The Labute approximate surface area is 84.5 Å². The van der Waals surface area contributed by atoms with E-state index in [0.717, 1.165) is 18.6 Å². The van der Waals surface area contributed by atoms with Crippen molar-refractivity contribution in [3.8, 4) is 5.75 Å². The monoisotopic (exact) mass is 192 g/mol. The van der Waals surface area contributed by atoms with Gasteiger partial charge in [-0.15, -0.1) is 0 Å². The van der Waals surface area contributed by atoms with E-state index in [2.05, 4.69) is 12.1 Å². The Morgan fingerprint density at radius 1 is 1.50 bits per heavy atom. The summed E-state index contributed by atoms with van der Waals surface area (Å²) in [5.41, 5.74) is 2.79. The van der Waals surface area contributed by atoms with Crippen LogP contribution in [-0.2, 0) is 6.42 Å². The van der Waals surface area contributed by atoms with Gasteiger partial charge in [0.25, 0.3) is 0 Å². The van der Waals surface area contributed by atoms with Crippen LogP contribution in [0.5, 0.6) is 5.75 Å². The Morgan fingerprint density at radius 2 is 2.36 bits per heavy atom. The van der Waals surface area contributed by atoms with Gasteiger partial charge in [-0.2, -0.15) is 0 Å². The maximum absolute atomic E-state index is 8.93. The summed E-state index contributed by atoms with van der Waals surface area (Å²) in [6.07, 6.45) is 3.18. The van der Waals surface area contributed by atoms with E-state index in [1.165, 1.54) is 17.5 Å². The van der Waals surface area contributed by atoms with Crippen molar-refractivity contribution in [1.82, 2.24) is 0 Å². The van der Waals surface area contributed by atoms with Crippen molar-refractivity contribution < 1.29 is 9.84 Å². The first-order valence-electron chi connectivity index (χ1n) is 5.13. The van der Waals surface area contributed by atoms with Gasteiger partial charge in [-0.3, -0.25) is 0 Å². The van der Waals surface area contributed by atoms with Crippen molar-refractivity contribution in [3.63, 3.8) is 0 Å². The van der Waals surface area contributed by atoms with Crippen molar-refractivity contribution in [3.05, 3.63) is 29.3 Å². The lowest BCUT2D eigenvalue weighted by molar-refractivity contribution is 0.275. The molecule has 1 N–H and O–H groups in total. The molecule has 1 aromatic rings. The zero-order valence-corrected chi connectivity index (χ0v) is 8.49. The smallest absolute Gasteiger partial charge is 0.119 e. The minimum Gasteiger partial charge on any atom is -0.497 e. The van der Waals surface area contributed by atoms with Crippen LogP contribution in [0.15, 0.2) is 18.2 Å². The Morgan fingerprint density at radius 3 is 3.07 bits per heavy atom. The summed E-state index contributed by atoms with van der Waals surface area (Å²) in [4.78, 5) is 0. The molecule has 1 aromatic carbocycles. The lowest BCUT2D eigenvalue weighted by Crippen LogP contribution is -1.96. The molecule has 0 fully saturated rings. The van der Waals surface area contributed by atoms with Crippen molar-refractivity contribution in [2.75, 3.05) is 13.7 Å². The van der Waals surface area contributed by atoms with Crippen LogP contribution in [0.3, 0.4) is 0 Å². The zero-order chi connectivity index (χ0) is 9.97. The molecular weight excluding hydrogens is 176 g/mol. The highest BCUT2D eigenvalue weighted by Crippen LogP contribution is 2.36. The van der Waals surface area contributed by atoms with E-state index >= 15 is 0 Å². The van der Waals surface area contributed by atoms with Crippen LogP contribution in [0.2, 0.25) is 0 Å². The molecule has 1 atom stereocenters.